The molecule has 0 bridgehead atoms. The molecular weight excluding hydrogens is 408 g/mol. The van der Waals surface area contributed by atoms with E-state index in [1.807, 2.05) is 6.92 Å². The third-order valence-corrected chi connectivity index (χ3v) is 4.98. The number of para-hydroxylation sites is 1. The van der Waals surface area contributed by atoms with Crippen LogP contribution < -0.4 is 15.4 Å². The van der Waals surface area contributed by atoms with E-state index in [1.54, 1.807) is 48.5 Å². The number of hydrogen-bond acceptors (Lipinski definition) is 6. The van der Waals surface area contributed by atoms with Gasteiger partial charge in [-0.15, -0.1) is 0 Å². The second-order valence-corrected chi connectivity index (χ2v) is 8.80. The van der Waals surface area contributed by atoms with Gasteiger partial charge in [0.25, 0.3) is 5.91 Å². The van der Waals surface area contributed by atoms with E-state index in [-0.39, 0.29) is 23.6 Å². The second kappa shape index (κ2) is 9.00. The summed E-state index contributed by atoms with van der Waals surface area (Å²) >= 11 is 0. The van der Waals surface area contributed by atoms with Crippen LogP contribution in [0, 0.1) is 0 Å². The highest BCUT2D eigenvalue weighted by atomic mass is 32.2. The minimum absolute atomic E-state index is 0.115. The van der Waals surface area contributed by atoms with E-state index in [4.69, 9.17) is 9.15 Å². The summed E-state index contributed by atoms with van der Waals surface area (Å²) in [5, 5.41) is 5.68. The van der Waals surface area contributed by atoms with E-state index in [0.717, 1.165) is 6.26 Å². The smallest absolute Gasteiger partial charge is 0.287 e. The number of anilines is 1. The highest BCUT2D eigenvalue weighted by Crippen LogP contribution is 2.27. The predicted octanol–water partition coefficient (Wildman–Crippen LogP) is 2.74. The first kappa shape index (κ1) is 21.4. The number of carbonyl (C=O) groups excluding carboxylic acids is 2. The number of furan rings is 1. The molecule has 2 N–H and O–H groups in total. The van der Waals surface area contributed by atoms with Gasteiger partial charge in [-0.2, -0.15) is 0 Å². The van der Waals surface area contributed by atoms with Crippen molar-refractivity contribution in [2.24, 2.45) is 0 Å². The number of carbonyl (C=O) groups is 2. The van der Waals surface area contributed by atoms with Crippen LogP contribution in [-0.4, -0.2) is 39.6 Å². The van der Waals surface area contributed by atoms with Crippen molar-refractivity contribution < 1.29 is 27.2 Å². The number of benzene rings is 2. The van der Waals surface area contributed by atoms with Crippen molar-refractivity contribution in [3.05, 3.63) is 59.9 Å². The lowest BCUT2D eigenvalue weighted by atomic mass is 10.1. The third-order valence-electron chi connectivity index (χ3n) is 4.17. The van der Waals surface area contributed by atoms with Gasteiger partial charge in [0.05, 0.1) is 18.9 Å². The molecule has 0 aliphatic carbocycles. The molecule has 3 rings (SSSR count). The fourth-order valence-corrected chi connectivity index (χ4v) is 3.75. The lowest BCUT2D eigenvalue weighted by molar-refractivity contribution is -0.115. The molecule has 30 heavy (non-hydrogen) atoms. The van der Waals surface area contributed by atoms with Crippen LogP contribution >= 0.6 is 0 Å². The summed E-state index contributed by atoms with van der Waals surface area (Å²) in [4.78, 5) is 24.8. The van der Waals surface area contributed by atoms with Gasteiger partial charge in [-0.25, -0.2) is 8.42 Å². The lowest BCUT2D eigenvalue weighted by Crippen LogP contribution is -2.33. The first-order valence-corrected chi connectivity index (χ1v) is 11.3. The van der Waals surface area contributed by atoms with Gasteiger partial charge >= 0.3 is 0 Å². The first-order valence-electron chi connectivity index (χ1n) is 9.26. The molecule has 8 nitrogen and oxygen atoms in total. The van der Waals surface area contributed by atoms with Crippen LogP contribution in [0.15, 0.2) is 52.9 Å². The number of amides is 2. The Hall–Kier alpha value is -3.33. The van der Waals surface area contributed by atoms with Gasteiger partial charge in [-0.1, -0.05) is 18.2 Å². The van der Waals surface area contributed by atoms with E-state index in [2.05, 4.69) is 10.6 Å². The molecule has 0 unspecified atom stereocenters. The van der Waals surface area contributed by atoms with Crippen LogP contribution in [0.1, 0.15) is 23.0 Å². The molecule has 0 spiro atoms. The van der Waals surface area contributed by atoms with Crippen LogP contribution in [-0.2, 0) is 20.4 Å². The van der Waals surface area contributed by atoms with Crippen molar-refractivity contribution in [2.75, 3.05) is 24.7 Å². The van der Waals surface area contributed by atoms with E-state index in [9.17, 15) is 18.0 Å². The van der Waals surface area contributed by atoms with Gasteiger partial charge < -0.3 is 19.8 Å². The Morgan fingerprint density at radius 1 is 1.07 bits per heavy atom. The Balaban J connectivity index is 1.69. The summed E-state index contributed by atoms with van der Waals surface area (Å²) in [5.74, 6) is -0.868. The zero-order chi connectivity index (χ0) is 21.7. The minimum Gasteiger partial charge on any atom is -0.494 e. The van der Waals surface area contributed by atoms with E-state index < -0.39 is 21.7 Å². The summed E-state index contributed by atoms with van der Waals surface area (Å²) in [7, 11) is -3.40. The maximum Gasteiger partial charge on any atom is 0.287 e. The molecule has 0 aliphatic heterocycles. The standard InChI is InChI=1S/C21H22N2O6S/c1-3-28-15-10-8-14(9-11-15)23-19(24)12-22-21(25)20-17(13-30(2,26)27)16-6-4-5-7-18(16)29-20/h4-11H,3,12-13H2,1-2H3,(H,22,25)(H,23,24). The Labute approximate surface area is 174 Å². The molecule has 3 aromatic rings. The van der Waals surface area contributed by atoms with Crippen LogP contribution in [0.4, 0.5) is 5.69 Å². The van der Waals surface area contributed by atoms with E-state index in [1.165, 1.54) is 0 Å². The Morgan fingerprint density at radius 2 is 1.77 bits per heavy atom. The van der Waals surface area contributed by atoms with Crippen LogP contribution in [0.3, 0.4) is 0 Å². The number of hydrogen-bond donors (Lipinski definition) is 2. The third kappa shape index (κ3) is 5.38. The molecule has 0 radical (unpaired) electrons. The van der Waals surface area contributed by atoms with Crippen LogP contribution in [0.2, 0.25) is 0 Å². The molecular formula is C21H22N2O6S. The number of ether oxygens (including phenoxy) is 1. The van der Waals surface area contributed by atoms with Crippen LogP contribution in [0.25, 0.3) is 11.0 Å². The van der Waals surface area contributed by atoms with Gasteiger partial charge in [-0.05, 0) is 37.3 Å². The Kier molecular flexibility index (Phi) is 6.41. The molecule has 1 aromatic heterocycles. The summed E-state index contributed by atoms with van der Waals surface area (Å²) in [6.07, 6.45) is 1.08. The summed E-state index contributed by atoms with van der Waals surface area (Å²) in [5.41, 5.74) is 1.23. The maximum absolute atomic E-state index is 12.6. The predicted molar refractivity (Wildman–Crippen MR) is 113 cm³/mol. The van der Waals surface area contributed by atoms with Gasteiger partial charge in [0.2, 0.25) is 5.91 Å². The number of fused-ring (bicyclic) bond motifs is 1. The monoisotopic (exact) mass is 430 g/mol. The molecule has 0 atom stereocenters. The molecule has 0 aliphatic rings. The molecule has 0 fully saturated rings. The molecule has 1 heterocycles. The van der Waals surface area contributed by atoms with Crippen molar-refractivity contribution >= 4 is 38.3 Å². The topological polar surface area (TPSA) is 115 Å². The second-order valence-electron chi connectivity index (χ2n) is 6.66. The highest BCUT2D eigenvalue weighted by Gasteiger charge is 2.23. The fraction of sp³-hybridized carbons (Fsp3) is 0.238. The van der Waals surface area contributed by atoms with Crippen molar-refractivity contribution in [1.82, 2.24) is 5.32 Å². The van der Waals surface area contributed by atoms with Crippen molar-refractivity contribution in [3.8, 4) is 5.75 Å². The normalized spacial score (nSPS) is 11.3. The Bertz CT molecular complexity index is 1170. The number of sulfone groups is 1. The molecule has 158 valence electrons. The molecule has 9 heteroatoms. The van der Waals surface area contributed by atoms with E-state index >= 15 is 0 Å². The first-order chi connectivity index (χ1) is 14.3. The summed E-state index contributed by atoms with van der Waals surface area (Å²) in [6, 6.07) is 13.6. The Morgan fingerprint density at radius 3 is 2.43 bits per heavy atom. The summed E-state index contributed by atoms with van der Waals surface area (Å²) in [6.45, 7) is 2.12. The van der Waals surface area contributed by atoms with E-state index in [0.29, 0.717) is 29.0 Å². The van der Waals surface area contributed by atoms with Gasteiger partial charge in [-0.3, -0.25) is 9.59 Å². The minimum atomic E-state index is -3.40. The van der Waals surface area contributed by atoms with Crippen molar-refractivity contribution in [3.63, 3.8) is 0 Å². The number of nitrogens with one attached hydrogen (secondary N) is 2. The van der Waals surface area contributed by atoms with Crippen molar-refractivity contribution in [2.45, 2.75) is 12.7 Å². The molecule has 2 amide bonds. The number of rotatable bonds is 8. The largest absolute Gasteiger partial charge is 0.494 e. The average molecular weight is 430 g/mol. The highest BCUT2D eigenvalue weighted by molar-refractivity contribution is 7.89. The molecule has 0 saturated heterocycles. The van der Waals surface area contributed by atoms with Crippen molar-refractivity contribution in [1.29, 1.82) is 0 Å². The fourth-order valence-electron chi connectivity index (χ4n) is 2.93. The SMILES string of the molecule is CCOc1ccc(NC(=O)CNC(=O)c2oc3ccccc3c2CS(C)(=O)=O)cc1. The quantitative estimate of drug-likeness (QED) is 0.568. The lowest BCUT2D eigenvalue weighted by Gasteiger charge is -2.08. The van der Waals surface area contributed by atoms with Gasteiger partial charge in [0.15, 0.2) is 15.6 Å². The zero-order valence-corrected chi connectivity index (χ0v) is 17.4. The average Bonchev–Trinajstić information content (AvgIpc) is 3.05. The van der Waals surface area contributed by atoms with Gasteiger partial charge in [0, 0.05) is 22.9 Å². The summed E-state index contributed by atoms with van der Waals surface area (Å²) < 4.78 is 34.5. The maximum atomic E-state index is 12.6. The molecule has 0 saturated carbocycles. The molecule has 2 aromatic carbocycles. The van der Waals surface area contributed by atoms with Crippen LogP contribution in [0.5, 0.6) is 5.75 Å². The van der Waals surface area contributed by atoms with Gasteiger partial charge in [0.1, 0.15) is 11.3 Å². The zero-order valence-electron chi connectivity index (χ0n) is 16.6.